The van der Waals surface area contributed by atoms with Gasteiger partial charge >= 0.3 is 0 Å². The maximum Gasteiger partial charge on any atom is 0.239 e. The minimum atomic E-state index is -0.431. The van der Waals surface area contributed by atoms with E-state index in [2.05, 4.69) is 11.4 Å². The van der Waals surface area contributed by atoms with E-state index in [-0.39, 0.29) is 18.5 Å². The number of hydrogen-bond acceptors (Lipinski definition) is 5. The summed E-state index contributed by atoms with van der Waals surface area (Å²) in [6.45, 7) is 2.04. The van der Waals surface area contributed by atoms with Crippen LogP contribution in [0.1, 0.15) is 36.8 Å². The van der Waals surface area contributed by atoms with Gasteiger partial charge in [-0.3, -0.25) is 4.79 Å². The van der Waals surface area contributed by atoms with Gasteiger partial charge in [0.05, 0.1) is 31.4 Å². The molecule has 0 aromatic heterocycles. The third-order valence-corrected chi connectivity index (χ3v) is 6.14. The minimum Gasteiger partial charge on any atom is -0.358 e. The Bertz CT molecular complexity index is 941. The highest BCUT2D eigenvalue weighted by Crippen LogP contribution is 2.35. The van der Waals surface area contributed by atoms with E-state index in [4.69, 9.17) is 21.1 Å². The summed E-state index contributed by atoms with van der Waals surface area (Å²) in [5.41, 5.74) is 2.43. The van der Waals surface area contributed by atoms with Crippen LogP contribution in [-0.4, -0.2) is 37.5 Å². The van der Waals surface area contributed by atoms with Crippen molar-refractivity contribution < 1.29 is 14.3 Å². The highest BCUT2D eigenvalue weighted by Gasteiger charge is 2.40. The molecule has 6 nitrogen and oxygen atoms in total. The molecule has 1 aliphatic heterocycles. The summed E-state index contributed by atoms with van der Waals surface area (Å²) in [4.78, 5) is 14.9. The Morgan fingerprint density at radius 3 is 2.55 bits per heavy atom. The van der Waals surface area contributed by atoms with Gasteiger partial charge in [-0.25, -0.2) is 0 Å². The Morgan fingerprint density at radius 1 is 1.16 bits per heavy atom. The molecule has 1 amide bonds. The molecule has 0 bridgehead atoms. The van der Waals surface area contributed by atoms with Gasteiger partial charge in [0.1, 0.15) is 0 Å². The van der Waals surface area contributed by atoms with Crippen molar-refractivity contribution in [3.8, 4) is 6.07 Å². The summed E-state index contributed by atoms with van der Waals surface area (Å²) in [6, 6.07) is 17.2. The van der Waals surface area contributed by atoms with Crippen LogP contribution in [0.2, 0.25) is 5.02 Å². The van der Waals surface area contributed by atoms with Crippen molar-refractivity contribution in [2.75, 3.05) is 24.7 Å². The molecule has 2 fully saturated rings. The molecular weight excluding hydrogens is 414 g/mol. The van der Waals surface area contributed by atoms with Crippen LogP contribution in [0, 0.1) is 11.3 Å². The highest BCUT2D eigenvalue weighted by atomic mass is 35.5. The van der Waals surface area contributed by atoms with Crippen LogP contribution in [0.4, 0.5) is 5.69 Å². The molecule has 1 saturated carbocycles. The third kappa shape index (κ3) is 5.56. The fraction of sp³-hybridized carbons (Fsp3) is 0.417. The van der Waals surface area contributed by atoms with E-state index in [0.29, 0.717) is 30.3 Å². The topological polar surface area (TPSA) is 74.6 Å². The number of anilines is 1. The Labute approximate surface area is 187 Å². The summed E-state index contributed by atoms with van der Waals surface area (Å²) >= 11 is 6.01. The van der Waals surface area contributed by atoms with Crippen molar-refractivity contribution in [2.24, 2.45) is 0 Å². The molecule has 162 valence electrons. The van der Waals surface area contributed by atoms with Crippen molar-refractivity contribution in [1.82, 2.24) is 5.32 Å². The van der Waals surface area contributed by atoms with Gasteiger partial charge in [-0.15, -0.1) is 0 Å². The van der Waals surface area contributed by atoms with Gasteiger partial charge in [-0.1, -0.05) is 29.8 Å². The zero-order chi connectivity index (χ0) is 21.7. The lowest BCUT2D eigenvalue weighted by atomic mass is 9.90. The van der Waals surface area contributed by atoms with E-state index in [0.717, 1.165) is 36.9 Å². The molecule has 0 radical (unpaired) electrons. The molecule has 1 aliphatic carbocycles. The quantitative estimate of drug-likeness (QED) is 0.735. The largest absolute Gasteiger partial charge is 0.358 e. The molecule has 1 heterocycles. The lowest BCUT2D eigenvalue weighted by Crippen LogP contribution is -2.46. The second kappa shape index (κ2) is 9.69. The number of nitrogens with one attached hydrogen (secondary N) is 1. The van der Waals surface area contributed by atoms with Gasteiger partial charge in [0, 0.05) is 36.1 Å². The molecule has 31 heavy (non-hydrogen) atoms. The van der Waals surface area contributed by atoms with Crippen molar-refractivity contribution in [3.63, 3.8) is 0 Å². The second-order valence-electron chi connectivity index (χ2n) is 8.09. The standard InChI is InChI=1S/C24H26ClN3O3/c25-20-6-4-18(5-7-20)16-28(22-3-1-2-19(14-22)15-26)17-23(29)27-21-8-10-24(11-9-21)30-12-13-31-24/h1-7,14,21H,8-13,16-17H2,(H,27,29). The number of hydrogen-bond donors (Lipinski definition) is 1. The van der Waals surface area contributed by atoms with Crippen LogP contribution < -0.4 is 10.2 Å². The highest BCUT2D eigenvalue weighted by molar-refractivity contribution is 6.30. The minimum absolute atomic E-state index is 0.0365. The zero-order valence-electron chi connectivity index (χ0n) is 17.4. The fourth-order valence-corrected chi connectivity index (χ4v) is 4.38. The van der Waals surface area contributed by atoms with Crippen LogP contribution in [-0.2, 0) is 20.8 Å². The van der Waals surface area contributed by atoms with Gasteiger partial charge in [-0.2, -0.15) is 5.26 Å². The van der Waals surface area contributed by atoms with Crippen molar-refractivity contribution in [1.29, 1.82) is 5.26 Å². The molecular formula is C24H26ClN3O3. The number of benzene rings is 2. The molecule has 0 unspecified atom stereocenters. The molecule has 7 heteroatoms. The summed E-state index contributed by atoms with van der Waals surface area (Å²) in [6.07, 6.45) is 3.28. The Kier molecular flexibility index (Phi) is 6.77. The average Bonchev–Trinajstić information content (AvgIpc) is 3.24. The van der Waals surface area contributed by atoms with E-state index in [9.17, 15) is 10.1 Å². The number of carbonyl (C=O) groups excluding carboxylic acids is 1. The summed E-state index contributed by atoms with van der Waals surface area (Å²) in [5, 5.41) is 13.1. The van der Waals surface area contributed by atoms with Crippen LogP contribution in [0.5, 0.6) is 0 Å². The predicted molar refractivity (Wildman–Crippen MR) is 119 cm³/mol. The molecule has 0 atom stereocenters. The number of nitrogens with zero attached hydrogens (tertiary/aromatic N) is 2. The maximum atomic E-state index is 12.9. The smallest absolute Gasteiger partial charge is 0.239 e. The molecule has 2 aromatic rings. The lowest BCUT2D eigenvalue weighted by Gasteiger charge is -2.36. The Balaban J connectivity index is 1.41. The predicted octanol–water partition coefficient (Wildman–Crippen LogP) is 4.02. The number of carbonyl (C=O) groups is 1. The van der Waals surface area contributed by atoms with E-state index in [1.165, 1.54) is 0 Å². The SMILES string of the molecule is N#Cc1cccc(N(CC(=O)NC2CCC3(CC2)OCCO3)Cc2ccc(Cl)cc2)c1. The Hall–Kier alpha value is -2.59. The van der Waals surface area contributed by atoms with E-state index in [1.807, 2.05) is 47.4 Å². The van der Waals surface area contributed by atoms with Crippen LogP contribution in [0.15, 0.2) is 48.5 Å². The van der Waals surface area contributed by atoms with E-state index < -0.39 is 5.79 Å². The number of nitriles is 1. The molecule has 1 N–H and O–H groups in total. The molecule has 1 saturated heterocycles. The first kappa shape index (κ1) is 21.6. The number of ether oxygens (including phenoxy) is 2. The van der Waals surface area contributed by atoms with E-state index in [1.54, 1.807) is 6.07 Å². The first-order valence-corrected chi connectivity index (χ1v) is 11.0. The van der Waals surface area contributed by atoms with Crippen LogP contribution in [0.25, 0.3) is 0 Å². The molecule has 2 aliphatic rings. The lowest BCUT2D eigenvalue weighted by molar-refractivity contribution is -0.180. The van der Waals surface area contributed by atoms with Gasteiger partial charge in [0.15, 0.2) is 5.79 Å². The van der Waals surface area contributed by atoms with Crippen molar-refractivity contribution in [3.05, 3.63) is 64.7 Å². The maximum absolute atomic E-state index is 12.9. The number of amides is 1. The molecule has 2 aromatic carbocycles. The normalized spacial score (nSPS) is 17.9. The van der Waals surface area contributed by atoms with Crippen molar-refractivity contribution >= 4 is 23.2 Å². The van der Waals surface area contributed by atoms with Gasteiger partial charge in [-0.05, 0) is 48.7 Å². The van der Waals surface area contributed by atoms with Crippen LogP contribution >= 0.6 is 11.6 Å². The average molecular weight is 440 g/mol. The third-order valence-electron chi connectivity index (χ3n) is 5.89. The zero-order valence-corrected chi connectivity index (χ0v) is 18.1. The second-order valence-corrected chi connectivity index (χ2v) is 8.53. The first-order valence-electron chi connectivity index (χ1n) is 10.6. The first-order chi connectivity index (χ1) is 15.0. The summed E-state index contributed by atoms with van der Waals surface area (Å²) in [5.74, 6) is -0.468. The molecule has 4 rings (SSSR count). The summed E-state index contributed by atoms with van der Waals surface area (Å²) in [7, 11) is 0. The Morgan fingerprint density at radius 2 is 1.87 bits per heavy atom. The van der Waals surface area contributed by atoms with Gasteiger partial charge < -0.3 is 19.7 Å². The number of rotatable bonds is 6. The monoisotopic (exact) mass is 439 g/mol. The summed E-state index contributed by atoms with van der Waals surface area (Å²) < 4.78 is 11.5. The van der Waals surface area contributed by atoms with E-state index >= 15 is 0 Å². The fourth-order valence-electron chi connectivity index (χ4n) is 4.26. The van der Waals surface area contributed by atoms with Crippen molar-refractivity contribution in [2.45, 2.75) is 44.1 Å². The number of halogens is 1. The molecule has 1 spiro atoms. The van der Waals surface area contributed by atoms with Gasteiger partial charge in [0.25, 0.3) is 0 Å². The van der Waals surface area contributed by atoms with Gasteiger partial charge in [0.2, 0.25) is 5.91 Å². The van der Waals surface area contributed by atoms with Crippen LogP contribution in [0.3, 0.4) is 0 Å².